The zero-order chi connectivity index (χ0) is 8.55. The third-order valence-electron chi connectivity index (χ3n) is 2.28. The van der Waals surface area contributed by atoms with Gasteiger partial charge in [0.15, 0.2) is 0 Å². The summed E-state index contributed by atoms with van der Waals surface area (Å²) in [5, 5.41) is 0.711. The Balaban J connectivity index is 2.46. The molecule has 2 nitrogen and oxygen atoms in total. The highest BCUT2D eigenvalue weighted by Crippen LogP contribution is 2.27. The van der Waals surface area contributed by atoms with Crippen molar-refractivity contribution in [2.24, 2.45) is 5.73 Å². The maximum Gasteiger partial charge on any atom is 0.0604 e. The third kappa shape index (κ3) is 1.32. The molecule has 12 heavy (non-hydrogen) atoms. The summed E-state index contributed by atoms with van der Waals surface area (Å²) < 4.78 is 0. The molecule has 0 spiro atoms. The fraction of sp³-hybridized carbons (Fsp3) is 0.444. The molecule has 0 amide bonds. The molecule has 0 aromatic carbocycles. The minimum absolute atomic E-state index is 0.117. The highest BCUT2D eigenvalue weighted by atomic mass is 35.5. The van der Waals surface area contributed by atoms with Gasteiger partial charge in [-0.15, -0.1) is 0 Å². The Morgan fingerprint density at radius 2 is 2.42 bits per heavy atom. The molecule has 1 atom stereocenters. The van der Waals surface area contributed by atoms with Gasteiger partial charge in [0.1, 0.15) is 0 Å². The van der Waals surface area contributed by atoms with Gasteiger partial charge >= 0.3 is 0 Å². The molecule has 2 rings (SSSR count). The number of pyridine rings is 1. The van der Waals surface area contributed by atoms with Crippen LogP contribution in [0.2, 0.25) is 5.02 Å². The SMILES string of the molecule is NC1CCCc2cc(Cl)cnc21. The average molecular weight is 183 g/mol. The van der Waals surface area contributed by atoms with Crippen LogP contribution in [0.1, 0.15) is 30.1 Å². The lowest BCUT2D eigenvalue weighted by molar-refractivity contribution is 0.554. The van der Waals surface area contributed by atoms with Gasteiger partial charge in [-0.2, -0.15) is 0 Å². The Labute approximate surface area is 76.7 Å². The van der Waals surface area contributed by atoms with Gasteiger partial charge < -0.3 is 5.73 Å². The van der Waals surface area contributed by atoms with E-state index in [2.05, 4.69) is 4.98 Å². The molecule has 1 aromatic rings. The molecule has 1 aromatic heterocycles. The molecule has 0 bridgehead atoms. The first-order valence-corrected chi connectivity index (χ1v) is 4.55. The molecule has 2 N–H and O–H groups in total. The standard InChI is InChI=1S/C9H11ClN2/c10-7-4-6-2-1-3-8(11)9(6)12-5-7/h4-5,8H,1-3,11H2. The van der Waals surface area contributed by atoms with Crippen LogP contribution in [-0.2, 0) is 6.42 Å². The van der Waals surface area contributed by atoms with Crippen molar-refractivity contribution in [3.8, 4) is 0 Å². The number of halogens is 1. The van der Waals surface area contributed by atoms with Gasteiger partial charge in [0, 0.05) is 12.2 Å². The van der Waals surface area contributed by atoms with Crippen molar-refractivity contribution in [1.82, 2.24) is 4.98 Å². The molecule has 0 saturated carbocycles. The summed E-state index contributed by atoms with van der Waals surface area (Å²) in [4.78, 5) is 4.24. The van der Waals surface area contributed by atoms with E-state index in [9.17, 15) is 0 Å². The second kappa shape index (κ2) is 3.04. The fourth-order valence-electron chi connectivity index (χ4n) is 1.68. The van der Waals surface area contributed by atoms with Crippen molar-refractivity contribution in [3.63, 3.8) is 0 Å². The summed E-state index contributed by atoms with van der Waals surface area (Å²) in [6.45, 7) is 0. The molecule has 0 aliphatic heterocycles. The Kier molecular flexibility index (Phi) is 2.03. The van der Waals surface area contributed by atoms with Gasteiger partial charge in [0.25, 0.3) is 0 Å². The lowest BCUT2D eigenvalue weighted by Crippen LogP contribution is -2.18. The van der Waals surface area contributed by atoms with E-state index in [0.717, 1.165) is 25.0 Å². The zero-order valence-corrected chi connectivity index (χ0v) is 7.51. The van der Waals surface area contributed by atoms with Crippen LogP contribution in [0.5, 0.6) is 0 Å². The van der Waals surface area contributed by atoms with E-state index in [0.29, 0.717) is 5.02 Å². The first-order valence-electron chi connectivity index (χ1n) is 4.17. The molecule has 0 fully saturated rings. The number of fused-ring (bicyclic) bond motifs is 1. The zero-order valence-electron chi connectivity index (χ0n) is 6.76. The summed E-state index contributed by atoms with van der Waals surface area (Å²) in [6, 6.07) is 2.09. The number of nitrogens with two attached hydrogens (primary N) is 1. The van der Waals surface area contributed by atoms with Gasteiger partial charge in [0.2, 0.25) is 0 Å². The maximum absolute atomic E-state index is 5.89. The van der Waals surface area contributed by atoms with Crippen molar-refractivity contribution in [2.75, 3.05) is 0 Å². The molecule has 64 valence electrons. The van der Waals surface area contributed by atoms with Crippen molar-refractivity contribution in [1.29, 1.82) is 0 Å². The van der Waals surface area contributed by atoms with Crippen LogP contribution in [0.4, 0.5) is 0 Å². The Bertz CT molecular complexity index is 299. The van der Waals surface area contributed by atoms with E-state index in [1.54, 1.807) is 6.20 Å². The lowest BCUT2D eigenvalue weighted by atomic mass is 9.93. The molecular weight excluding hydrogens is 172 g/mol. The van der Waals surface area contributed by atoms with Crippen LogP contribution in [0.15, 0.2) is 12.3 Å². The van der Waals surface area contributed by atoms with Gasteiger partial charge in [-0.1, -0.05) is 11.6 Å². The number of aromatic nitrogens is 1. The molecule has 0 saturated heterocycles. The van der Waals surface area contributed by atoms with Crippen LogP contribution in [0.3, 0.4) is 0 Å². The van der Waals surface area contributed by atoms with Crippen molar-refractivity contribution < 1.29 is 0 Å². The summed E-state index contributed by atoms with van der Waals surface area (Å²) in [6.07, 6.45) is 4.93. The Hall–Kier alpha value is -0.600. The Morgan fingerprint density at radius 3 is 3.25 bits per heavy atom. The number of hydrogen-bond donors (Lipinski definition) is 1. The highest BCUT2D eigenvalue weighted by Gasteiger charge is 2.17. The highest BCUT2D eigenvalue weighted by molar-refractivity contribution is 6.30. The summed E-state index contributed by atoms with van der Waals surface area (Å²) >= 11 is 5.82. The fourth-order valence-corrected chi connectivity index (χ4v) is 1.86. The largest absolute Gasteiger partial charge is 0.323 e. The summed E-state index contributed by atoms with van der Waals surface area (Å²) in [5.41, 5.74) is 8.15. The number of hydrogen-bond acceptors (Lipinski definition) is 2. The van der Waals surface area contributed by atoms with E-state index in [-0.39, 0.29) is 6.04 Å². The first kappa shape index (κ1) is 8.02. The monoisotopic (exact) mass is 182 g/mol. The molecular formula is C9H11ClN2. The second-order valence-corrected chi connectivity index (χ2v) is 3.63. The predicted octanol–water partition coefficient (Wildman–Crippen LogP) is 2.07. The van der Waals surface area contributed by atoms with E-state index in [1.807, 2.05) is 6.07 Å². The van der Waals surface area contributed by atoms with Gasteiger partial charge in [-0.3, -0.25) is 4.98 Å². The van der Waals surface area contributed by atoms with E-state index >= 15 is 0 Å². The minimum Gasteiger partial charge on any atom is -0.323 e. The van der Waals surface area contributed by atoms with Gasteiger partial charge in [-0.05, 0) is 30.9 Å². The van der Waals surface area contributed by atoms with E-state index in [4.69, 9.17) is 17.3 Å². The number of aryl methyl sites for hydroxylation is 1. The second-order valence-electron chi connectivity index (χ2n) is 3.20. The Morgan fingerprint density at radius 1 is 1.58 bits per heavy atom. The average Bonchev–Trinajstić information content (AvgIpc) is 2.04. The summed E-state index contributed by atoms with van der Waals surface area (Å²) in [7, 11) is 0. The number of nitrogens with zero attached hydrogens (tertiary/aromatic N) is 1. The number of rotatable bonds is 0. The predicted molar refractivity (Wildman–Crippen MR) is 49.1 cm³/mol. The first-order chi connectivity index (χ1) is 5.77. The van der Waals surface area contributed by atoms with Crippen LogP contribution in [0, 0.1) is 0 Å². The molecule has 1 aliphatic rings. The van der Waals surface area contributed by atoms with E-state index in [1.165, 1.54) is 5.56 Å². The lowest BCUT2D eigenvalue weighted by Gasteiger charge is -2.20. The maximum atomic E-state index is 5.89. The normalized spacial score (nSPS) is 22.0. The molecule has 0 radical (unpaired) electrons. The van der Waals surface area contributed by atoms with Crippen LogP contribution in [-0.4, -0.2) is 4.98 Å². The van der Waals surface area contributed by atoms with Crippen molar-refractivity contribution in [3.05, 3.63) is 28.5 Å². The molecule has 1 aliphatic carbocycles. The smallest absolute Gasteiger partial charge is 0.0604 e. The summed E-state index contributed by atoms with van der Waals surface area (Å²) in [5.74, 6) is 0. The van der Waals surface area contributed by atoms with Gasteiger partial charge in [0.05, 0.1) is 10.7 Å². The van der Waals surface area contributed by atoms with Crippen LogP contribution < -0.4 is 5.73 Å². The quantitative estimate of drug-likeness (QED) is 0.667. The molecule has 1 unspecified atom stereocenters. The van der Waals surface area contributed by atoms with Crippen molar-refractivity contribution >= 4 is 11.6 Å². The third-order valence-corrected chi connectivity index (χ3v) is 2.49. The van der Waals surface area contributed by atoms with Crippen molar-refractivity contribution in [2.45, 2.75) is 25.3 Å². The van der Waals surface area contributed by atoms with Crippen LogP contribution >= 0.6 is 11.6 Å². The van der Waals surface area contributed by atoms with E-state index < -0.39 is 0 Å². The van der Waals surface area contributed by atoms with Crippen LogP contribution in [0.25, 0.3) is 0 Å². The molecule has 1 heterocycles. The minimum atomic E-state index is 0.117. The van der Waals surface area contributed by atoms with Gasteiger partial charge in [-0.25, -0.2) is 0 Å². The topological polar surface area (TPSA) is 38.9 Å². The molecule has 3 heteroatoms.